The first-order valence-corrected chi connectivity index (χ1v) is 7.92. The van der Waals surface area contributed by atoms with E-state index in [4.69, 9.17) is 0 Å². The Morgan fingerprint density at radius 2 is 2.08 bits per heavy atom. The molecule has 2 N–H and O–H groups in total. The third-order valence-corrected chi connectivity index (χ3v) is 4.13. The lowest BCUT2D eigenvalue weighted by atomic mass is 9.99. The Labute approximate surface area is 139 Å². The van der Waals surface area contributed by atoms with Gasteiger partial charge in [-0.2, -0.15) is 34.0 Å². The summed E-state index contributed by atoms with van der Waals surface area (Å²) in [5.41, 5.74) is 0.0228. The van der Waals surface area contributed by atoms with Crippen LogP contribution in [0.1, 0.15) is 24.0 Å². The van der Waals surface area contributed by atoms with Gasteiger partial charge in [-0.3, -0.25) is 0 Å². The Morgan fingerprint density at radius 3 is 2.71 bits per heavy atom. The zero-order valence-electron chi connectivity index (χ0n) is 12.8. The fourth-order valence-corrected chi connectivity index (χ4v) is 2.95. The Morgan fingerprint density at radius 1 is 1.33 bits per heavy atom. The number of halogens is 3. The highest BCUT2D eigenvalue weighted by Crippen LogP contribution is 2.28. The summed E-state index contributed by atoms with van der Waals surface area (Å²) in [7, 11) is 0. The fraction of sp³-hybridized carbons (Fsp3) is 0.357. The average molecular weight is 357 g/mol. The van der Waals surface area contributed by atoms with E-state index in [1.54, 1.807) is 26.0 Å². The Balaban J connectivity index is 1.93. The first-order valence-electron chi connectivity index (χ1n) is 6.97. The van der Waals surface area contributed by atoms with Crippen molar-refractivity contribution in [2.24, 2.45) is 0 Å². The van der Waals surface area contributed by atoms with Crippen molar-refractivity contribution in [3.8, 4) is 0 Å². The molecule has 6 nitrogen and oxygen atoms in total. The molecule has 1 unspecified atom stereocenters. The van der Waals surface area contributed by atoms with Crippen molar-refractivity contribution in [2.45, 2.75) is 25.6 Å². The third-order valence-electron chi connectivity index (χ3n) is 3.45. The van der Waals surface area contributed by atoms with Crippen molar-refractivity contribution in [1.82, 2.24) is 19.6 Å². The van der Waals surface area contributed by atoms with Crippen LogP contribution < -0.4 is 5.32 Å². The van der Waals surface area contributed by atoms with E-state index in [2.05, 4.69) is 20.4 Å². The van der Waals surface area contributed by atoms with Crippen LogP contribution >= 0.6 is 11.3 Å². The number of nitrogens with zero attached hydrogens (tertiary/aromatic N) is 4. The van der Waals surface area contributed by atoms with Gasteiger partial charge >= 0.3 is 6.18 Å². The standard InChI is InChI=1S/C14H14F3N5OS/c1-8-5-10(18-7-13(2,23)9-3-4-24-6-9)22-12(19-8)20-11(21-22)14(15,16)17/h3-6,18,23H,7H2,1-2H3. The second-order valence-corrected chi connectivity index (χ2v) is 6.35. The molecule has 0 amide bonds. The molecule has 0 radical (unpaired) electrons. The number of rotatable bonds is 4. The first kappa shape index (κ1) is 16.7. The van der Waals surface area contributed by atoms with Gasteiger partial charge in [0.2, 0.25) is 0 Å². The van der Waals surface area contributed by atoms with E-state index in [1.165, 1.54) is 11.3 Å². The molecule has 0 saturated carbocycles. The van der Waals surface area contributed by atoms with Crippen LogP contribution in [0.3, 0.4) is 0 Å². The number of hydrogen-bond donors (Lipinski definition) is 2. The summed E-state index contributed by atoms with van der Waals surface area (Å²) < 4.78 is 39.4. The van der Waals surface area contributed by atoms with Crippen molar-refractivity contribution in [3.63, 3.8) is 0 Å². The van der Waals surface area contributed by atoms with Crippen molar-refractivity contribution >= 4 is 22.9 Å². The highest BCUT2D eigenvalue weighted by Gasteiger charge is 2.37. The number of alkyl halides is 3. The number of anilines is 1. The quantitative estimate of drug-likeness (QED) is 0.751. The second-order valence-electron chi connectivity index (χ2n) is 5.57. The van der Waals surface area contributed by atoms with Gasteiger partial charge < -0.3 is 10.4 Å². The highest BCUT2D eigenvalue weighted by atomic mass is 32.1. The molecule has 0 fully saturated rings. The fourth-order valence-electron chi connectivity index (χ4n) is 2.17. The molecule has 128 valence electrons. The van der Waals surface area contributed by atoms with Crippen LogP contribution in [0, 0.1) is 6.92 Å². The van der Waals surface area contributed by atoms with Crippen LogP contribution in [0.2, 0.25) is 0 Å². The summed E-state index contributed by atoms with van der Waals surface area (Å²) >= 11 is 1.45. The number of nitrogens with one attached hydrogen (secondary N) is 1. The summed E-state index contributed by atoms with van der Waals surface area (Å²) in [6.45, 7) is 3.35. The van der Waals surface area contributed by atoms with Crippen molar-refractivity contribution in [1.29, 1.82) is 0 Å². The summed E-state index contributed by atoms with van der Waals surface area (Å²) in [4.78, 5) is 7.37. The molecule has 0 bridgehead atoms. The zero-order chi connectivity index (χ0) is 17.5. The van der Waals surface area contributed by atoms with E-state index < -0.39 is 17.6 Å². The summed E-state index contributed by atoms with van der Waals surface area (Å²) in [6.07, 6.45) is -4.65. The van der Waals surface area contributed by atoms with Gasteiger partial charge in [-0.05, 0) is 36.2 Å². The van der Waals surface area contributed by atoms with Crippen molar-refractivity contribution < 1.29 is 18.3 Å². The number of hydrogen-bond acceptors (Lipinski definition) is 6. The molecule has 24 heavy (non-hydrogen) atoms. The Bertz CT molecular complexity index is 857. The van der Waals surface area contributed by atoms with Gasteiger partial charge in [0.05, 0.1) is 0 Å². The van der Waals surface area contributed by atoms with Crippen LogP contribution in [0.15, 0.2) is 22.9 Å². The normalized spacial score (nSPS) is 14.8. The molecular weight excluding hydrogens is 343 g/mol. The minimum Gasteiger partial charge on any atom is -0.384 e. The molecule has 0 aromatic carbocycles. The number of aromatic nitrogens is 4. The van der Waals surface area contributed by atoms with E-state index in [0.717, 1.165) is 10.1 Å². The maximum Gasteiger partial charge on any atom is 0.453 e. The number of thiophene rings is 1. The minimum absolute atomic E-state index is 0.0868. The highest BCUT2D eigenvalue weighted by molar-refractivity contribution is 7.08. The maximum absolute atomic E-state index is 12.8. The zero-order valence-corrected chi connectivity index (χ0v) is 13.6. The lowest BCUT2D eigenvalue weighted by molar-refractivity contribution is -0.144. The van der Waals surface area contributed by atoms with Crippen LogP contribution in [-0.2, 0) is 11.8 Å². The average Bonchev–Trinajstić information content (AvgIpc) is 3.13. The summed E-state index contributed by atoms with van der Waals surface area (Å²) in [6, 6.07) is 3.34. The maximum atomic E-state index is 12.8. The monoisotopic (exact) mass is 357 g/mol. The Hall–Kier alpha value is -2.20. The number of aryl methyl sites for hydroxylation is 1. The van der Waals surface area contributed by atoms with Crippen LogP contribution in [0.5, 0.6) is 0 Å². The molecule has 3 heterocycles. The summed E-state index contributed by atoms with van der Waals surface area (Å²) in [5.74, 6) is -1.13. The van der Waals surface area contributed by atoms with Crippen LogP contribution in [0.25, 0.3) is 5.78 Å². The van der Waals surface area contributed by atoms with Gasteiger partial charge in [0, 0.05) is 18.3 Å². The van der Waals surface area contributed by atoms with Crippen LogP contribution in [-0.4, -0.2) is 31.2 Å². The topological polar surface area (TPSA) is 75.3 Å². The van der Waals surface area contributed by atoms with Crippen molar-refractivity contribution in [3.05, 3.63) is 40.0 Å². The second kappa shape index (κ2) is 5.71. The summed E-state index contributed by atoms with van der Waals surface area (Å²) in [5, 5.41) is 20.6. The van der Waals surface area contributed by atoms with E-state index in [1.807, 2.05) is 10.8 Å². The first-order chi connectivity index (χ1) is 11.2. The minimum atomic E-state index is -4.65. The SMILES string of the molecule is Cc1cc(NCC(C)(O)c2ccsc2)n2nc(C(F)(F)F)nc2n1. The predicted molar refractivity (Wildman–Crippen MR) is 82.9 cm³/mol. The van der Waals surface area contributed by atoms with E-state index >= 15 is 0 Å². The van der Waals surface area contributed by atoms with E-state index in [9.17, 15) is 18.3 Å². The molecule has 0 aliphatic rings. The third kappa shape index (κ3) is 3.20. The molecule has 1 atom stereocenters. The number of fused-ring (bicyclic) bond motifs is 1. The van der Waals surface area contributed by atoms with Gasteiger partial charge in [-0.25, -0.2) is 4.98 Å². The molecule has 3 rings (SSSR count). The van der Waals surface area contributed by atoms with Gasteiger partial charge in [-0.15, -0.1) is 5.10 Å². The molecule has 0 aliphatic heterocycles. The van der Waals surface area contributed by atoms with Gasteiger partial charge in [-0.1, -0.05) is 0 Å². The van der Waals surface area contributed by atoms with Crippen LogP contribution in [0.4, 0.5) is 19.0 Å². The molecule has 10 heteroatoms. The molecule has 0 aliphatic carbocycles. The molecule has 3 aromatic rings. The number of aliphatic hydroxyl groups is 1. The predicted octanol–water partition coefficient (Wildman–Crippen LogP) is 2.83. The van der Waals surface area contributed by atoms with Gasteiger partial charge in [0.25, 0.3) is 11.6 Å². The largest absolute Gasteiger partial charge is 0.453 e. The Kier molecular flexibility index (Phi) is 3.96. The lowest BCUT2D eigenvalue weighted by Crippen LogP contribution is -2.30. The molecule has 3 aromatic heterocycles. The lowest BCUT2D eigenvalue weighted by Gasteiger charge is -2.23. The van der Waals surface area contributed by atoms with E-state index in [-0.39, 0.29) is 18.1 Å². The van der Waals surface area contributed by atoms with Gasteiger partial charge in [0.1, 0.15) is 11.4 Å². The molecule has 0 spiro atoms. The van der Waals surface area contributed by atoms with Crippen molar-refractivity contribution in [2.75, 3.05) is 11.9 Å². The van der Waals surface area contributed by atoms with Gasteiger partial charge in [0.15, 0.2) is 0 Å². The molecular formula is C14H14F3N5OS. The molecule has 0 saturated heterocycles. The smallest absolute Gasteiger partial charge is 0.384 e. The van der Waals surface area contributed by atoms with E-state index in [0.29, 0.717) is 5.69 Å².